The number of fused-ring (bicyclic) bond motifs is 3. The largest absolute Gasteiger partial charge is 0.229 e. The van der Waals surface area contributed by atoms with E-state index >= 15 is 0 Å². The van der Waals surface area contributed by atoms with Crippen molar-refractivity contribution in [2.24, 2.45) is 0 Å². The maximum atomic E-state index is 4.54. The summed E-state index contributed by atoms with van der Waals surface area (Å²) in [5, 5.41) is 0. The van der Waals surface area contributed by atoms with Crippen molar-refractivity contribution in [2.45, 2.75) is 12.8 Å². The maximum Gasteiger partial charge on any atom is 0.160 e. The summed E-state index contributed by atoms with van der Waals surface area (Å²) < 4.78 is 2.14. The van der Waals surface area contributed by atoms with Crippen LogP contribution in [0.2, 0.25) is 0 Å². The molecule has 0 unspecified atom stereocenters. The Labute approximate surface area is 109 Å². The summed E-state index contributed by atoms with van der Waals surface area (Å²) in [4.78, 5) is 5.94. The summed E-state index contributed by atoms with van der Waals surface area (Å²) in [7, 11) is 0. The summed E-state index contributed by atoms with van der Waals surface area (Å²) in [6, 6.07) is 6.44. The lowest BCUT2D eigenvalue weighted by atomic mass is 9.94. The fraction of sp³-hybridized carbons (Fsp3) is 0.182. The third kappa shape index (κ3) is 1.69. The van der Waals surface area contributed by atoms with Gasteiger partial charge in [-0.15, -0.1) is 11.3 Å². The van der Waals surface area contributed by atoms with Crippen molar-refractivity contribution in [3.63, 3.8) is 0 Å². The molecule has 0 saturated heterocycles. The number of nitrogens with zero attached hydrogens (tertiary/aromatic N) is 1. The Bertz CT molecular complexity index is 533. The predicted octanol–water partition coefficient (Wildman–Crippen LogP) is 4.43. The molecule has 1 heterocycles. The van der Waals surface area contributed by atoms with E-state index in [-0.39, 0.29) is 0 Å². The number of halogens is 2. The molecule has 0 spiro atoms. The lowest BCUT2D eigenvalue weighted by Crippen LogP contribution is -2.01. The van der Waals surface area contributed by atoms with Gasteiger partial charge in [0.05, 0.1) is 5.69 Å². The van der Waals surface area contributed by atoms with Crippen LogP contribution in [0.15, 0.2) is 26.6 Å². The first-order chi connectivity index (χ1) is 7.24. The molecule has 0 amide bonds. The van der Waals surface area contributed by atoms with Crippen LogP contribution in [-0.2, 0) is 12.8 Å². The third-order valence-corrected chi connectivity index (χ3v) is 4.67. The van der Waals surface area contributed by atoms with Gasteiger partial charge in [0.25, 0.3) is 0 Å². The lowest BCUT2D eigenvalue weighted by Gasteiger charge is -2.14. The molecule has 0 aliphatic heterocycles. The van der Waals surface area contributed by atoms with Gasteiger partial charge in [-0.1, -0.05) is 22.0 Å². The van der Waals surface area contributed by atoms with Crippen molar-refractivity contribution in [1.29, 1.82) is 0 Å². The summed E-state index contributed by atoms with van der Waals surface area (Å²) in [6.45, 7) is 0. The Morgan fingerprint density at radius 2 is 2.07 bits per heavy atom. The van der Waals surface area contributed by atoms with E-state index in [9.17, 15) is 0 Å². The van der Waals surface area contributed by atoms with Gasteiger partial charge in [-0.05, 0) is 46.5 Å². The highest BCUT2D eigenvalue weighted by atomic mass is 79.9. The second-order valence-electron chi connectivity index (χ2n) is 3.54. The van der Waals surface area contributed by atoms with Gasteiger partial charge < -0.3 is 0 Å². The normalized spacial score (nSPS) is 13.5. The Hall–Kier alpha value is -0.190. The molecular weight excluding hydrogens is 338 g/mol. The number of thiazole rings is 1. The van der Waals surface area contributed by atoms with E-state index in [0.717, 1.165) is 21.2 Å². The van der Waals surface area contributed by atoms with Gasteiger partial charge in [-0.3, -0.25) is 0 Å². The van der Waals surface area contributed by atoms with Crippen LogP contribution in [-0.4, -0.2) is 4.98 Å². The van der Waals surface area contributed by atoms with E-state index in [1.54, 1.807) is 11.3 Å². The molecule has 0 radical (unpaired) electrons. The molecule has 0 saturated carbocycles. The Morgan fingerprint density at radius 1 is 1.20 bits per heavy atom. The highest BCUT2D eigenvalue weighted by Gasteiger charge is 2.19. The van der Waals surface area contributed by atoms with Crippen LogP contribution in [0.3, 0.4) is 0 Å². The molecule has 1 aliphatic rings. The van der Waals surface area contributed by atoms with E-state index in [1.807, 2.05) is 0 Å². The van der Waals surface area contributed by atoms with Gasteiger partial charge in [0.2, 0.25) is 0 Å². The van der Waals surface area contributed by atoms with Crippen molar-refractivity contribution < 1.29 is 0 Å². The van der Waals surface area contributed by atoms with Crippen molar-refractivity contribution in [3.05, 3.63) is 37.0 Å². The number of hydrogen-bond donors (Lipinski definition) is 0. The van der Waals surface area contributed by atoms with Crippen LogP contribution in [0.4, 0.5) is 0 Å². The van der Waals surface area contributed by atoms with Crippen LogP contribution in [0.5, 0.6) is 0 Å². The second kappa shape index (κ2) is 3.68. The van der Waals surface area contributed by atoms with E-state index in [4.69, 9.17) is 0 Å². The molecule has 1 aromatic carbocycles. The van der Waals surface area contributed by atoms with Crippen LogP contribution in [0.1, 0.15) is 10.4 Å². The molecule has 15 heavy (non-hydrogen) atoms. The van der Waals surface area contributed by atoms with Gasteiger partial charge in [0, 0.05) is 14.9 Å². The molecule has 76 valence electrons. The zero-order chi connectivity index (χ0) is 10.4. The van der Waals surface area contributed by atoms with Crippen molar-refractivity contribution in [1.82, 2.24) is 4.98 Å². The summed E-state index contributed by atoms with van der Waals surface area (Å²) in [5.74, 6) is 0. The Morgan fingerprint density at radius 3 is 2.93 bits per heavy atom. The fourth-order valence-electron chi connectivity index (χ4n) is 1.95. The van der Waals surface area contributed by atoms with Crippen LogP contribution in [0, 0.1) is 0 Å². The molecule has 4 heteroatoms. The van der Waals surface area contributed by atoms with Crippen molar-refractivity contribution in [2.75, 3.05) is 0 Å². The summed E-state index contributed by atoms with van der Waals surface area (Å²) >= 11 is 8.72. The first kappa shape index (κ1) is 10.00. The van der Waals surface area contributed by atoms with Gasteiger partial charge >= 0.3 is 0 Å². The molecule has 0 N–H and O–H groups in total. The minimum absolute atomic E-state index is 0.989. The first-order valence-corrected chi connectivity index (χ1v) is 7.08. The number of hydrogen-bond acceptors (Lipinski definition) is 2. The minimum atomic E-state index is 0.989. The summed E-state index contributed by atoms with van der Waals surface area (Å²) in [5.41, 5.74) is 3.86. The fourth-order valence-corrected chi connectivity index (χ4v) is 3.92. The highest BCUT2D eigenvalue weighted by molar-refractivity contribution is 9.11. The predicted molar refractivity (Wildman–Crippen MR) is 70.4 cm³/mol. The molecular formula is C11H7Br2NS. The summed E-state index contributed by atoms with van der Waals surface area (Å²) in [6.07, 6.45) is 2.23. The molecule has 3 rings (SSSR count). The van der Waals surface area contributed by atoms with Gasteiger partial charge in [-0.25, -0.2) is 4.98 Å². The Balaban J connectivity index is 2.25. The van der Waals surface area contributed by atoms with Crippen molar-refractivity contribution >= 4 is 43.2 Å². The van der Waals surface area contributed by atoms with Crippen molar-refractivity contribution in [3.8, 4) is 11.3 Å². The second-order valence-corrected chi connectivity index (χ2v) is 6.82. The average Bonchev–Trinajstić information content (AvgIpc) is 2.58. The van der Waals surface area contributed by atoms with E-state index in [0.29, 0.717) is 0 Å². The lowest BCUT2D eigenvalue weighted by molar-refractivity contribution is 0.953. The Kier molecular flexibility index (Phi) is 2.45. The van der Waals surface area contributed by atoms with Crippen LogP contribution >= 0.6 is 43.2 Å². The monoisotopic (exact) mass is 343 g/mol. The van der Waals surface area contributed by atoms with Gasteiger partial charge in [0.15, 0.2) is 3.92 Å². The molecule has 0 bridgehead atoms. The van der Waals surface area contributed by atoms with E-state index in [1.165, 1.54) is 21.7 Å². The zero-order valence-electron chi connectivity index (χ0n) is 7.76. The number of aryl methyl sites for hydroxylation is 2. The molecule has 2 aromatic rings. The maximum absolute atomic E-state index is 4.54. The molecule has 0 atom stereocenters. The zero-order valence-corrected chi connectivity index (χ0v) is 11.7. The average molecular weight is 345 g/mol. The minimum Gasteiger partial charge on any atom is -0.229 e. The standard InChI is InChI=1S/C11H7Br2NS/c12-7-2-3-8-6(5-7)1-4-9-10(8)14-11(13)15-9/h2-3,5H,1,4H2. The molecule has 1 aromatic heterocycles. The quantitative estimate of drug-likeness (QED) is 0.688. The third-order valence-electron chi connectivity index (χ3n) is 2.62. The number of rotatable bonds is 0. The SMILES string of the molecule is Brc1ccc2c(c1)CCc1sc(Br)nc1-2. The topological polar surface area (TPSA) is 12.9 Å². The smallest absolute Gasteiger partial charge is 0.160 e. The number of aromatic nitrogens is 1. The van der Waals surface area contributed by atoms with Crippen LogP contribution in [0.25, 0.3) is 11.3 Å². The van der Waals surface area contributed by atoms with E-state index in [2.05, 4.69) is 55.0 Å². The first-order valence-electron chi connectivity index (χ1n) is 4.68. The van der Waals surface area contributed by atoms with E-state index < -0.39 is 0 Å². The number of benzene rings is 1. The molecule has 1 aliphatic carbocycles. The highest BCUT2D eigenvalue weighted by Crippen LogP contribution is 2.38. The van der Waals surface area contributed by atoms with Gasteiger partial charge in [0.1, 0.15) is 0 Å². The molecule has 1 nitrogen and oxygen atoms in total. The molecule has 0 fully saturated rings. The van der Waals surface area contributed by atoms with Gasteiger partial charge in [-0.2, -0.15) is 0 Å². The van der Waals surface area contributed by atoms with Crippen LogP contribution < -0.4 is 0 Å².